The number of piperidine rings is 1. The first-order chi connectivity index (χ1) is 14.2. The van der Waals surface area contributed by atoms with Gasteiger partial charge in [0, 0.05) is 31.4 Å². The number of aliphatic imine (C=N–C) groups is 1. The Hall–Kier alpha value is -2.00. The molecule has 2 aromatic carbocycles. The fourth-order valence-electron chi connectivity index (χ4n) is 3.54. The predicted molar refractivity (Wildman–Crippen MR) is 134 cm³/mol. The van der Waals surface area contributed by atoms with Gasteiger partial charge >= 0.3 is 0 Å². The van der Waals surface area contributed by atoms with Gasteiger partial charge in [0.2, 0.25) is 0 Å². The lowest BCUT2D eigenvalue weighted by atomic mass is 10.0. The van der Waals surface area contributed by atoms with Gasteiger partial charge in [0.1, 0.15) is 5.75 Å². The highest BCUT2D eigenvalue weighted by Crippen LogP contribution is 2.20. The van der Waals surface area contributed by atoms with Crippen LogP contribution in [0.15, 0.2) is 59.6 Å². The number of nitrogens with one attached hydrogen (secondary N) is 2. The summed E-state index contributed by atoms with van der Waals surface area (Å²) in [5.74, 6) is 1.54. The number of benzene rings is 2. The Morgan fingerprint density at radius 3 is 2.40 bits per heavy atom. The zero-order valence-corrected chi connectivity index (χ0v) is 20.1. The first kappa shape index (κ1) is 24.3. The molecule has 164 valence electrons. The second kappa shape index (κ2) is 12.6. The van der Waals surface area contributed by atoms with Crippen molar-refractivity contribution in [2.75, 3.05) is 38.2 Å². The number of aliphatic hydroxyl groups is 1. The highest BCUT2D eigenvalue weighted by Gasteiger charge is 2.20. The Labute approximate surface area is 196 Å². The molecule has 1 aliphatic rings. The van der Waals surface area contributed by atoms with Gasteiger partial charge < -0.3 is 25.4 Å². The van der Waals surface area contributed by atoms with Crippen LogP contribution in [0.1, 0.15) is 31.4 Å². The molecule has 2 aromatic rings. The van der Waals surface area contributed by atoms with Crippen LogP contribution in [-0.2, 0) is 0 Å². The van der Waals surface area contributed by atoms with E-state index in [1.54, 1.807) is 7.11 Å². The molecule has 1 heterocycles. The number of ether oxygens (including phenoxy) is 1. The van der Waals surface area contributed by atoms with E-state index in [1.165, 1.54) is 5.69 Å². The van der Waals surface area contributed by atoms with Crippen molar-refractivity contribution >= 4 is 35.6 Å². The second-order valence-electron chi connectivity index (χ2n) is 7.25. The summed E-state index contributed by atoms with van der Waals surface area (Å²) in [5, 5.41) is 17.3. The van der Waals surface area contributed by atoms with Crippen LogP contribution >= 0.6 is 24.0 Å². The topological polar surface area (TPSA) is 69.1 Å². The molecule has 1 unspecified atom stereocenters. The van der Waals surface area contributed by atoms with Gasteiger partial charge in [-0.3, -0.25) is 4.99 Å². The standard InChI is InChI=1S/C23H32N4O2.HI/c1-3-24-23(25-17-22(28)18-9-11-21(29-2)12-10-18)26-19-13-15-27(16-14-19)20-7-5-4-6-8-20;/h4-12,19,22,28H,3,13-17H2,1-2H3,(H2,24,25,26);1H. The summed E-state index contributed by atoms with van der Waals surface area (Å²) in [4.78, 5) is 7.03. The van der Waals surface area contributed by atoms with E-state index < -0.39 is 6.10 Å². The van der Waals surface area contributed by atoms with Crippen LogP contribution in [0.4, 0.5) is 5.69 Å². The lowest BCUT2D eigenvalue weighted by molar-refractivity contribution is 0.187. The summed E-state index contributed by atoms with van der Waals surface area (Å²) in [6.45, 7) is 5.19. The van der Waals surface area contributed by atoms with E-state index in [0.717, 1.165) is 49.7 Å². The van der Waals surface area contributed by atoms with E-state index in [-0.39, 0.29) is 24.0 Å². The van der Waals surface area contributed by atoms with E-state index in [0.29, 0.717) is 12.6 Å². The lowest BCUT2D eigenvalue weighted by Crippen LogP contribution is -2.48. The zero-order valence-electron chi connectivity index (χ0n) is 17.8. The van der Waals surface area contributed by atoms with E-state index >= 15 is 0 Å². The third-order valence-electron chi connectivity index (χ3n) is 5.22. The first-order valence-electron chi connectivity index (χ1n) is 10.4. The molecule has 0 aromatic heterocycles. The average Bonchev–Trinajstić information content (AvgIpc) is 2.78. The van der Waals surface area contributed by atoms with Gasteiger partial charge in [-0.15, -0.1) is 24.0 Å². The molecule has 0 bridgehead atoms. The maximum atomic E-state index is 10.5. The zero-order chi connectivity index (χ0) is 20.5. The number of para-hydroxylation sites is 1. The average molecular weight is 524 g/mol. The summed E-state index contributed by atoms with van der Waals surface area (Å²) in [7, 11) is 1.63. The maximum Gasteiger partial charge on any atom is 0.191 e. The minimum atomic E-state index is -0.642. The molecule has 7 heteroatoms. The van der Waals surface area contributed by atoms with Crippen molar-refractivity contribution < 1.29 is 9.84 Å². The summed E-state index contributed by atoms with van der Waals surface area (Å²) in [5.41, 5.74) is 2.12. The fourth-order valence-corrected chi connectivity index (χ4v) is 3.54. The lowest BCUT2D eigenvalue weighted by Gasteiger charge is -2.34. The van der Waals surface area contributed by atoms with Crippen LogP contribution in [0, 0.1) is 0 Å². The molecule has 30 heavy (non-hydrogen) atoms. The normalized spacial score (nSPS) is 15.8. The molecule has 0 spiro atoms. The molecule has 3 rings (SSSR count). The van der Waals surface area contributed by atoms with E-state index in [2.05, 4.69) is 57.8 Å². The fraction of sp³-hybridized carbons (Fsp3) is 0.435. The van der Waals surface area contributed by atoms with Crippen molar-refractivity contribution in [1.82, 2.24) is 10.6 Å². The van der Waals surface area contributed by atoms with E-state index in [9.17, 15) is 5.11 Å². The third kappa shape index (κ3) is 7.05. The van der Waals surface area contributed by atoms with Crippen molar-refractivity contribution in [2.24, 2.45) is 4.99 Å². The molecule has 0 radical (unpaired) electrons. The van der Waals surface area contributed by atoms with Crippen molar-refractivity contribution in [3.63, 3.8) is 0 Å². The Bertz CT molecular complexity index is 763. The number of guanidine groups is 1. The monoisotopic (exact) mass is 524 g/mol. The molecule has 0 amide bonds. The van der Waals surface area contributed by atoms with Crippen molar-refractivity contribution in [2.45, 2.75) is 31.9 Å². The van der Waals surface area contributed by atoms with Gasteiger partial charge in [-0.05, 0) is 49.6 Å². The largest absolute Gasteiger partial charge is 0.497 e. The highest BCUT2D eigenvalue weighted by molar-refractivity contribution is 14.0. The summed E-state index contributed by atoms with van der Waals surface area (Å²) in [6.07, 6.45) is 1.47. The molecular weight excluding hydrogens is 491 g/mol. The molecular formula is C23H33IN4O2. The third-order valence-corrected chi connectivity index (χ3v) is 5.22. The van der Waals surface area contributed by atoms with Crippen LogP contribution < -0.4 is 20.3 Å². The Kier molecular flexibility index (Phi) is 10.2. The maximum absolute atomic E-state index is 10.5. The number of hydrogen-bond donors (Lipinski definition) is 3. The van der Waals surface area contributed by atoms with E-state index in [1.807, 2.05) is 24.3 Å². The van der Waals surface area contributed by atoms with Crippen LogP contribution in [0.25, 0.3) is 0 Å². The molecule has 1 fully saturated rings. The minimum absolute atomic E-state index is 0. The summed E-state index contributed by atoms with van der Waals surface area (Å²) in [6, 6.07) is 18.4. The molecule has 1 aliphatic heterocycles. The molecule has 6 nitrogen and oxygen atoms in total. The van der Waals surface area contributed by atoms with Crippen LogP contribution in [0.2, 0.25) is 0 Å². The van der Waals surface area contributed by atoms with E-state index in [4.69, 9.17) is 4.74 Å². The molecule has 3 N–H and O–H groups in total. The van der Waals surface area contributed by atoms with Gasteiger partial charge in [-0.25, -0.2) is 0 Å². The highest BCUT2D eigenvalue weighted by atomic mass is 127. The van der Waals surface area contributed by atoms with Gasteiger partial charge in [-0.2, -0.15) is 0 Å². The first-order valence-corrected chi connectivity index (χ1v) is 10.4. The Morgan fingerprint density at radius 1 is 1.13 bits per heavy atom. The van der Waals surface area contributed by atoms with Crippen molar-refractivity contribution in [1.29, 1.82) is 0 Å². The number of anilines is 1. The molecule has 1 atom stereocenters. The van der Waals surface area contributed by atoms with Crippen LogP contribution in [0.3, 0.4) is 0 Å². The SMILES string of the molecule is CCNC(=NCC(O)c1ccc(OC)cc1)NC1CCN(c2ccccc2)CC1.I. The number of nitrogens with zero attached hydrogens (tertiary/aromatic N) is 2. The quantitative estimate of drug-likeness (QED) is 0.294. The number of halogens is 1. The van der Waals surface area contributed by atoms with Crippen LogP contribution in [-0.4, -0.2) is 50.4 Å². The predicted octanol–water partition coefficient (Wildman–Crippen LogP) is 3.57. The number of rotatable bonds is 7. The summed E-state index contributed by atoms with van der Waals surface area (Å²) >= 11 is 0. The minimum Gasteiger partial charge on any atom is -0.497 e. The number of aliphatic hydroxyl groups excluding tert-OH is 1. The van der Waals surface area contributed by atoms with Gasteiger partial charge in [0.15, 0.2) is 5.96 Å². The van der Waals surface area contributed by atoms with Crippen molar-refractivity contribution in [3.05, 3.63) is 60.2 Å². The van der Waals surface area contributed by atoms with Gasteiger partial charge in [0.25, 0.3) is 0 Å². The molecule has 1 saturated heterocycles. The molecule has 0 saturated carbocycles. The van der Waals surface area contributed by atoms with Gasteiger partial charge in [-0.1, -0.05) is 30.3 Å². The van der Waals surface area contributed by atoms with Gasteiger partial charge in [0.05, 0.1) is 19.8 Å². The smallest absolute Gasteiger partial charge is 0.191 e. The Balaban J connectivity index is 0.00000320. The Morgan fingerprint density at radius 2 is 1.80 bits per heavy atom. The number of methoxy groups -OCH3 is 1. The second-order valence-corrected chi connectivity index (χ2v) is 7.25. The molecule has 0 aliphatic carbocycles. The summed E-state index contributed by atoms with van der Waals surface area (Å²) < 4.78 is 5.17. The number of hydrogen-bond acceptors (Lipinski definition) is 4. The van der Waals surface area contributed by atoms with Crippen LogP contribution in [0.5, 0.6) is 5.75 Å². The van der Waals surface area contributed by atoms with Crippen molar-refractivity contribution in [3.8, 4) is 5.75 Å².